The van der Waals surface area contributed by atoms with Crippen LogP contribution >= 0.6 is 15.9 Å². The van der Waals surface area contributed by atoms with Gasteiger partial charge in [0.15, 0.2) is 0 Å². The first-order valence-corrected chi connectivity index (χ1v) is 7.55. The van der Waals surface area contributed by atoms with Gasteiger partial charge < -0.3 is 5.11 Å². The zero-order chi connectivity index (χ0) is 14.5. The number of aromatic carboxylic acids is 1. The molecule has 2 aromatic rings. The standard InChI is InChI=1S/C16H16BrNO2/c1-16(2)7-3-4-11-13(15(19)20)10-6-5-9(17)8-12(10)18-14(11)16/h5-6,8H,3-4,7H2,1-2H3,(H,19,20). The van der Waals surface area contributed by atoms with Crippen LogP contribution in [-0.2, 0) is 11.8 Å². The van der Waals surface area contributed by atoms with Gasteiger partial charge in [0, 0.05) is 15.3 Å². The number of hydrogen-bond donors (Lipinski definition) is 1. The molecule has 0 atom stereocenters. The predicted molar refractivity (Wildman–Crippen MR) is 82.4 cm³/mol. The van der Waals surface area contributed by atoms with Gasteiger partial charge in [0.1, 0.15) is 0 Å². The third kappa shape index (κ3) is 2.03. The van der Waals surface area contributed by atoms with Crippen LogP contribution in [0, 0.1) is 0 Å². The molecule has 0 radical (unpaired) electrons. The molecule has 0 aliphatic heterocycles. The highest BCUT2D eigenvalue weighted by atomic mass is 79.9. The second-order valence-corrected chi connectivity index (χ2v) is 6.93. The highest BCUT2D eigenvalue weighted by Gasteiger charge is 2.33. The Hall–Kier alpha value is -1.42. The van der Waals surface area contributed by atoms with Gasteiger partial charge in [-0.2, -0.15) is 0 Å². The van der Waals surface area contributed by atoms with E-state index in [2.05, 4.69) is 29.8 Å². The number of carbonyl (C=O) groups is 1. The molecule has 0 amide bonds. The fourth-order valence-corrected chi connectivity index (χ4v) is 3.50. The largest absolute Gasteiger partial charge is 0.478 e. The summed E-state index contributed by atoms with van der Waals surface area (Å²) in [5, 5.41) is 10.4. The van der Waals surface area contributed by atoms with E-state index in [1.165, 1.54) is 0 Å². The molecule has 1 N–H and O–H groups in total. The number of fused-ring (bicyclic) bond motifs is 2. The lowest BCUT2D eigenvalue weighted by Gasteiger charge is -2.32. The molecular weight excluding hydrogens is 318 g/mol. The fraction of sp³-hybridized carbons (Fsp3) is 0.375. The van der Waals surface area contributed by atoms with Crippen molar-refractivity contribution in [2.24, 2.45) is 0 Å². The monoisotopic (exact) mass is 333 g/mol. The lowest BCUT2D eigenvalue weighted by molar-refractivity contribution is 0.0697. The van der Waals surface area contributed by atoms with Crippen molar-refractivity contribution in [2.45, 2.75) is 38.5 Å². The van der Waals surface area contributed by atoms with Crippen molar-refractivity contribution >= 4 is 32.8 Å². The van der Waals surface area contributed by atoms with Gasteiger partial charge >= 0.3 is 5.97 Å². The molecule has 0 unspecified atom stereocenters. The van der Waals surface area contributed by atoms with E-state index in [1.807, 2.05) is 18.2 Å². The summed E-state index contributed by atoms with van der Waals surface area (Å²) in [6.45, 7) is 4.29. The van der Waals surface area contributed by atoms with Gasteiger partial charge in [-0.1, -0.05) is 35.8 Å². The van der Waals surface area contributed by atoms with Crippen LogP contribution in [0.4, 0.5) is 0 Å². The van der Waals surface area contributed by atoms with Crippen LogP contribution in [-0.4, -0.2) is 16.1 Å². The average Bonchev–Trinajstić information content (AvgIpc) is 2.36. The lowest BCUT2D eigenvalue weighted by atomic mass is 9.74. The number of aromatic nitrogens is 1. The van der Waals surface area contributed by atoms with E-state index in [0.29, 0.717) is 5.56 Å². The second kappa shape index (κ2) is 4.55. The van der Waals surface area contributed by atoms with Gasteiger partial charge in [0.05, 0.1) is 16.8 Å². The molecular formula is C16H16BrNO2. The topological polar surface area (TPSA) is 50.2 Å². The molecule has 1 heterocycles. The Kier molecular flexibility index (Phi) is 3.09. The summed E-state index contributed by atoms with van der Waals surface area (Å²) >= 11 is 3.43. The number of halogens is 1. The van der Waals surface area contributed by atoms with E-state index in [0.717, 1.165) is 45.9 Å². The molecule has 4 heteroatoms. The molecule has 20 heavy (non-hydrogen) atoms. The molecule has 1 aromatic heterocycles. The first-order chi connectivity index (χ1) is 9.40. The minimum Gasteiger partial charge on any atom is -0.478 e. The Labute approximate surface area is 126 Å². The van der Waals surface area contributed by atoms with Crippen LogP contribution < -0.4 is 0 Å². The number of carboxylic acids is 1. The summed E-state index contributed by atoms with van der Waals surface area (Å²) in [5.74, 6) is -0.853. The summed E-state index contributed by atoms with van der Waals surface area (Å²) in [6.07, 6.45) is 2.87. The van der Waals surface area contributed by atoms with Crippen LogP contribution in [0.3, 0.4) is 0 Å². The maximum atomic E-state index is 11.7. The molecule has 1 aliphatic rings. The molecule has 3 nitrogen and oxygen atoms in total. The Bertz CT molecular complexity index is 722. The predicted octanol–water partition coefficient (Wildman–Crippen LogP) is 4.31. The van der Waals surface area contributed by atoms with E-state index >= 15 is 0 Å². The number of carboxylic acid groups (broad SMARTS) is 1. The first-order valence-electron chi connectivity index (χ1n) is 6.76. The van der Waals surface area contributed by atoms with Gasteiger partial charge in [-0.3, -0.25) is 4.98 Å². The van der Waals surface area contributed by atoms with Crippen molar-refractivity contribution < 1.29 is 9.90 Å². The van der Waals surface area contributed by atoms with Crippen molar-refractivity contribution in [3.8, 4) is 0 Å². The van der Waals surface area contributed by atoms with Crippen molar-refractivity contribution in [3.63, 3.8) is 0 Å². The average molecular weight is 334 g/mol. The maximum Gasteiger partial charge on any atom is 0.336 e. The second-order valence-electron chi connectivity index (χ2n) is 6.02. The fourth-order valence-electron chi connectivity index (χ4n) is 3.15. The normalized spacial score (nSPS) is 16.9. The van der Waals surface area contributed by atoms with E-state index in [-0.39, 0.29) is 5.41 Å². The van der Waals surface area contributed by atoms with Crippen molar-refractivity contribution in [1.29, 1.82) is 0 Å². The van der Waals surface area contributed by atoms with Crippen LogP contribution in [0.1, 0.15) is 48.3 Å². The Morgan fingerprint density at radius 2 is 2.15 bits per heavy atom. The van der Waals surface area contributed by atoms with Crippen LogP contribution in [0.15, 0.2) is 22.7 Å². The van der Waals surface area contributed by atoms with Crippen LogP contribution in [0.2, 0.25) is 0 Å². The third-order valence-corrected chi connectivity index (χ3v) is 4.63. The highest BCUT2D eigenvalue weighted by Crippen LogP contribution is 2.39. The summed E-state index contributed by atoms with van der Waals surface area (Å²) in [6, 6.07) is 5.61. The van der Waals surface area contributed by atoms with Gasteiger partial charge in [0.2, 0.25) is 0 Å². The van der Waals surface area contributed by atoms with Crippen molar-refractivity contribution in [2.75, 3.05) is 0 Å². The molecule has 0 fully saturated rings. The maximum absolute atomic E-state index is 11.7. The van der Waals surface area contributed by atoms with Crippen LogP contribution in [0.5, 0.6) is 0 Å². The highest BCUT2D eigenvalue weighted by molar-refractivity contribution is 9.10. The molecule has 0 saturated carbocycles. The van der Waals surface area contributed by atoms with E-state index < -0.39 is 5.97 Å². The minimum absolute atomic E-state index is 0.0612. The molecule has 104 valence electrons. The zero-order valence-electron chi connectivity index (χ0n) is 11.5. The van der Waals surface area contributed by atoms with E-state index in [9.17, 15) is 9.90 Å². The van der Waals surface area contributed by atoms with Crippen LogP contribution in [0.25, 0.3) is 10.9 Å². The number of rotatable bonds is 1. The Morgan fingerprint density at radius 3 is 2.85 bits per heavy atom. The van der Waals surface area contributed by atoms with E-state index in [4.69, 9.17) is 4.98 Å². The number of nitrogens with zero attached hydrogens (tertiary/aromatic N) is 1. The SMILES string of the molecule is CC1(C)CCCc2c1nc1cc(Br)ccc1c2C(=O)O. The summed E-state index contributed by atoms with van der Waals surface area (Å²) in [4.78, 5) is 16.5. The Balaban J connectivity index is 2.44. The molecule has 1 aromatic carbocycles. The minimum atomic E-state index is -0.853. The van der Waals surface area contributed by atoms with Crippen molar-refractivity contribution in [1.82, 2.24) is 4.98 Å². The number of pyridine rings is 1. The van der Waals surface area contributed by atoms with Gasteiger partial charge in [-0.25, -0.2) is 4.79 Å². The van der Waals surface area contributed by atoms with Crippen molar-refractivity contribution in [3.05, 3.63) is 39.5 Å². The summed E-state index contributed by atoms with van der Waals surface area (Å²) in [7, 11) is 0. The molecule has 3 rings (SSSR count). The van der Waals surface area contributed by atoms with Gasteiger partial charge in [-0.05, 0) is 37.0 Å². The number of benzene rings is 1. The summed E-state index contributed by atoms with van der Waals surface area (Å²) in [5.41, 5.74) is 3.00. The van der Waals surface area contributed by atoms with Gasteiger partial charge in [-0.15, -0.1) is 0 Å². The summed E-state index contributed by atoms with van der Waals surface area (Å²) < 4.78 is 0.919. The Morgan fingerprint density at radius 1 is 1.40 bits per heavy atom. The lowest BCUT2D eigenvalue weighted by Crippen LogP contribution is -2.27. The van der Waals surface area contributed by atoms with Gasteiger partial charge in [0.25, 0.3) is 0 Å². The smallest absolute Gasteiger partial charge is 0.336 e. The quantitative estimate of drug-likeness (QED) is 0.845. The molecule has 0 bridgehead atoms. The molecule has 1 aliphatic carbocycles. The number of hydrogen-bond acceptors (Lipinski definition) is 2. The third-order valence-electron chi connectivity index (χ3n) is 4.13. The first kappa shape index (κ1) is 13.6. The molecule has 0 spiro atoms. The van der Waals surface area contributed by atoms with E-state index in [1.54, 1.807) is 0 Å². The zero-order valence-corrected chi connectivity index (χ0v) is 13.1. The molecule has 0 saturated heterocycles.